The van der Waals surface area contributed by atoms with Crippen LogP contribution in [-0.2, 0) is 13.1 Å². The Hall–Kier alpha value is -2.41. The molecule has 0 unspecified atom stereocenters. The van der Waals surface area contributed by atoms with E-state index in [0.29, 0.717) is 24.7 Å². The number of hydrogen-bond donors (Lipinski definition) is 1. The lowest BCUT2D eigenvalue weighted by Crippen LogP contribution is -2.40. The summed E-state index contributed by atoms with van der Waals surface area (Å²) in [6.45, 7) is 1.16. The lowest BCUT2D eigenvalue weighted by molar-refractivity contribution is 0.0641. The summed E-state index contributed by atoms with van der Waals surface area (Å²) < 4.78 is 1.33. The summed E-state index contributed by atoms with van der Waals surface area (Å²) in [6, 6.07) is 7.23. The molecule has 0 saturated heterocycles. The molecule has 0 atom stereocenters. The summed E-state index contributed by atoms with van der Waals surface area (Å²) in [7, 11) is 0. The third-order valence-electron chi connectivity index (χ3n) is 3.33. The van der Waals surface area contributed by atoms with Crippen molar-refractivity contribution in [2.24, 2.45) is 0 Å². The third-order valence-corrected chi connectivity index (χ3v) is 3.70. The van der Waals surface area contributed by atoms with Gasteiger partial charge in [-0.3, -0.25) is 4.79 Å². The van der Waals surface area contributed by atoms with Crippen LogP contribution in [0.1, 0.15) is 26.5 Å². The maximum absolute atomic E-state index is 12.4. The molecule has 3 rings (SSSR count). The number of benzene rings is 1. The van der Waals surface area contributed by atoms with E-state index in [9.17, 15) is 9.59 Å². The molecule has 1 aliphatic heterocycles. The van der Waals surface area contributed by atoms with Gasteiger partial charge in [-0.1, -0.05) is 35.0 Å². The van der Waals surface area contributed by atoms with E-state index < -0.39 is 11.9 Å². The van der Waals surface area contributed by atoms with Gasteiger partial charge in [0.15, 0.2) is 5.69 Å². The topological polar surface area (TPSA) is 88.3 Å². The van der Waals surface area contributed by atoms with E-state index >= 15 is 0 Å². The van der Waals surface area contributed by atoms with Crippen molar-refractivity contribution < 1.29 is 14.7 Å². The molecule has 0 saturated carbocycles. The summed E-state index contributed by atoms with van der Waals surface area (Å²) in [5.41, 5.74) is 0.509. The Morgan fingerprint density at radius 1 is 1.33 bits per heavy atom. The van der Waals surface area contributed by atoms with E-state index in [4.69, 9.17) is 16.7 Å². The van der Waals surface area contributed by atoms with Crippen molar-refractivity contribution in [2.45, 2.75) is 13.1 Å². The number of amides is 1. The number of carbonyl (C=O) groups excluding carboxylic acids is 1. The molecule has 2 aromatic rings. The van der Waals surface area contributed by atoms with Crippen molar-refractivity contribution in [3.8, 4) is 0 Å². The number of halogens is 1. The molecule has 108 valence electrons. The van der Waals surface area contributed by atoms with Crippen LogP contribution in [0.15, 0.2) is 24.3 Å². The molecule has 1 aromatic carbocycles. The zero-order chi connectivity index (χ0) is 15.0. The number of hydrogen-bond acceptors (Lipinski definition) is 4. The lowest BCUT2D eigenvalue weighted by atomic mass is 10.1. The van der Waals surface area contributed by atoms with Gasteiger partial charge in [0.2, 0.25) is 5.69 Å². The van der Waals surface area contributed by atoms with Crippen molar-refractivity contribution in [2.75, 3.05) is 6.54 Å². The Morgan fingerprint density at radius 3 is 2.81 bits per heavy atom. The van der Waals surface area contributed by atoms with Gasteiger partial charge in [0.05, 0.1) is 6.54 Å². The number of carboxylic acid groups (broad SMARTS) is 1. The molecule has 1 amide bonds. The molecule has 0 spiro atoms. The van der Waals surface area contributed by atoms with Crippen LogP contribution in [-0.4, -0.2) is 43.4 Å². The van der Waals surface area contributed by atoms with Crippen LogP contribution >= 0.6 is 11.6 Å². The fourth-order valence-corrected chi connectivity index (χ4v) is 2.47. The fourth-order valence-electron chi connectivity index (χ4n) is 2.28. The van der Waals surface area contributed by atoms with Gasteiger partial charge in [0, 0.05) is 18.1 Å². The van der Waals surface area contributed by atoms with Crippen molar-refractivity contribution in [1.29, 1.82) is 0 Å². The minimum Gasteiger partial charge on any atom is -0.476 e. The molecule has 0 bridgehead atoms. The summed E-state index contributed by atoms with van der Waals surface area (Å²) in [5.74, 6) is -1.66. The van der Waals surface area contributed by atoms with Gasteiger partial charge < -0.3 is 10.0 Å². The average molecular weight is 307 g/mol. The van der Waals surface area contributed by atoms with E-state index in [-0.39, 0.29) is 11.4 Å². The number of carbonyl (C=O) groups is 2. The van der Waals surface area contributed by atoms with E-state index in [1.807, 2.05) is 18.2 Å². The molecule has 7 nitrogen and oxygen atoms in total. The highest BCUT2D eigenvalue weighted by atomic mass is 35.5. The predicted octanol–water partition coefficient (Wildman–Crippen LogP) is 1.29. The minimum atomic E-state index is -1.26. The molecule has 0 radical (unpaired) electrons. The van der Waals surface area contributed by atoms with Crippen LogP contribution in [0.3, 0.4) is 0 Å². The Labute approximate surface area is 124 Å². The second kappa shape index (κ2) is 5.17. The fraction of sp³-hybridized carbons (Fsp3) is 0.231. The summed E-state index contributed by atoms with van der Waals surface area (Å²) in [6.07, 6.45) is 0. The molecule has 2 heterocycles. The Morgan fingerprint density at radius 2 is 2.10 bits per heavy atom. The second-order valence-electron chi connectivity index (χ2n) is 4.63. The highest BCUT2D eigenvalue weighted by Gasteiger charge is 2.32. The standard InChI is InChI=1S/C13H11ClN4O3/c14-9-4-2-1-3-8(9)7-17-5-6-18-11(12(17)19)10(13(20)21)15-16-18/h1-4H,5-7H2,(H,20,21). The van der Waals surface area contributed by atoms with Crippen molar-refractivity contribution in [3.63, 3.8) is 0 Å². The number of fused-ring (bicyclic) bond motifs is 1. The van der Waals surface area contributed by atoms with Gasteiger partial charge in [-0.15, -0.1) is 5.10 Å². The largest absolute Gasteiger partial charge is 0.476 e. The molecule has 0 aliphatic carbocycles. The van der Waals surface area contributed by atoms with Gasteiger partial charge in [-0.05, 0) is 11.6 Å². The van der Waals surface area contributed by atoms with Gasteiger partial charge in [0.25, 0.3) is 5.91 Å². The molecular formula is C13H11ClN4O3. The quantitative estimate of drug-likeness (QED) is 0.923. The van der Waals surface area contributed by atoms with E-state index in [1.54, 1.807) is 11.0 Å². The van der Waals surface area contributed by atoms with Crippen LogP contribution < -0.4 is 0 Å². The van der Waals surface area contributed by atoms with Gasteiger partial charge >= 0.3 is 5.97 Å². The van der Waals surface area contributed by atoms with Crippen molar-refractivity contribution in [3.05, 3.63) is 46.2 Å². The van der Waals surface area contributed by atoms with Gasteiger partial charge in [-0.25, -0.2) is 9.48 Å². The first-order chi connectivity index (χ1) is 10.1. The molecule has 1 aromatic heterocycles. The van der Waals surface area contributed by atoms with Crippen LogP contribution in [0.25, 0.3) is 0 Å². The molecular weight excluding hydrogens is 296 g/mol. The number of rotatable bonds is 3. The van der Waals surface area contributed by atoms with Gasteiger partial charge in [-0.2, -0.15) is 0 Å². The van der Waals surface area contributed by atoms with E-state index in [0.717, 1.165) is 5.56 Å². The molecule has 21 heavy (non-hydrogen) atoms. The molecule has 8 heteroatoms. The second-order valence-corrected chi connectivity index (χ2v) is 5.04. The summed E-state index contributed by atoms with van der Waals surface area (Å²) >= 11 is 6.09. The Balaban J connectivity index is 1.90. The zero-order valence-electron chi connectivity index (χ0n) is 10.9. The highest BCUT2D eigenvalue weighted by Crippen LogP contribution is 2.21. The van der Waals surface area contributed by atoms with Crippen LogP contribution in [0, 0.1) is 0 Å². The molecule has 1 N–H and O–H groups in total. The number of aromatic nitrogens is 3. The van der Waals surface area contributed by atoms with Crippen LogP contribution in [0.4, 0.5) is 0 Å². The minimum absolute atomic E-state index is 0.0146. The SMILES string of the molecule is O=C(O)c1nnn2c1C(=O)N(Cc1ccccc1Cl)CC2. The molecule has 1 aliphatic rings. The first-order valence-corrected chi connectivity index (χ1v) is 6.65. The highest BCUT2D eigenvalue weighted by molar-refractivity contribution is 6.31. The Kier molecular flexibility index (Phi) is 3.34. The monoisotopic (exact) mass is 306 g/mol. The van der Waals surface area contributed by atoms with E-state index in [2.05, 4.69) is 10.3 Å². The predicted molar refractivity (Wildman–Crippen MR) is 73.2 cm³/mol. The first-order valence-electron chi connectivity index (χ1n) is 6.27. The lowest BCUT2D eigenvalue weighted by Gasteiger charge is -2.27. The number of carboxylic acids is 1. The normalized spacial score (nSPS) is 14.1. The number of aromatic carboxylic acids is 1. The van der Waals surface area contributed by atoms with Gasteiger partial charge in [0.1, 0.15) is 0 Å². The molecule has 0 fully saturated rings. The Bertz CT molecular complexity index is 728. The maximum atomic E-state index is 12.4. The van der Waals surface area contributed by atoms with Crippen LogP contribution in [0.5, 0.6) is 0 Å². The zero-order valence-corrected chi connectivity index (χ0v) is 11.6. The third kappa shape index (κ3) is 2.36. The van der Waals surface area contributed by atoms with Crippen molar-refractivity contribution >= 4 is 23.5 Å². The van der Waals surface area contributed by atoms with Crippen LogP contribution in [0.2, 0.25) is 5.02 Å². The maximum Gasteiger partial charge on any atom is 0.358 e. The number of nitrogens with zero attached hydrogens (tertiary/aromatic N) is 4. The smallest absolute Gasteiger partial charge is 0.358 e. The van der Waals surface area contributed by atoms with E-state index in [1.165, 1.54) is 4.68 Å². The summed E-state index contributed by atoms with van der Waals surface area (Å²) in [5, 5.41) is 16.9. The summed E-state index contributed by atoms with van der Waals surface area (Å²) in [4.78, 5) is 25.1. The van der Waals surface area contributed by atoms with Crippen molar-refractivity contribution in [1.82, 2.24) is 19.9 Å². The average Bonchev–Trinajstić information content (AvgIpc) is 2.89. The first kappa shape index (κ1) is 13.6.